The maximum atomic E-state index is 15.3. The van der Waals surface area contributed by atoms with E-state index < -0.39 is 41.3 Å². The highest BCUT2D eigenvalue weighted by atomic mass is 19.1. The molecule has 2 fully saturated rings. The average molecular weight is 423 g/mol. The number of ether oxygens (including phenoxy) is 2. The summed E-state index contributed by atoms with van der Waals surface area (Å²) in [5.41, 5.74) is 5.08. The molecule has 2 atom stereocenters. The molecule has 10 heteroatoms. The fraction of sp³-hybridized carbons (Fsp3) is 0.500. The molecule has 1 aliphatic heterocycles. The molecule has 0 bridgehead atoms. The molecule has 162 valence electrons. The second-order valence-electron chi connectivity index (χ2n) is 8.20. The Hall–Kier alpha value is -2.88. The summed E-state index contributed by atoms with van der Waals surface area (Å²) in [5.74, 6) is -1.48. The molecule has 4 rings (SSSR count). The SMILES string of the molecule is COc1c(N2C[C@H](CF)[C@](C)(N)C2)c(F)cc2c(=O)c(OC(=O)O)cn(C3CC3)c12. The van der Waals surface area contributed by atoms with Crippen LogP contribution in [0, 0.1) is 11.7 Å². The Morgan fingerprint density at radius 3 is 2.67 bits per heavy atom. The number of alkyl halides is 1. The predicted octanol–water partition coefficient (Wildman–Crippen LogP) is 2.66. The molecule has 0 spiro atoms. The lowest BCUT2D eigenvalue weighted by molar-refractivity contribution is 0.143. The highest BCUT2D eigenvalue weighted by molar-refractivity contribution is 5.92. The van der Waals surface area contributed by atoms with Crippen molar-refractivity contribution < 1.29 is 28.2 Å². The minimum atomic E-state index is -1.63. The normalized spacial score (nSPS) is 23.8. The van der Waals surface area contributed by atoms with Gasteiger partial charge in [-0.25, -0.2) is 9.18 Å². The molecule has 1 saturated heterocycles. The van der Waals surface area contributed by atoms with E-state index in [4.69, 9.17) is 15.6 Å². The number of carbonyl (C=O) groups is 1. The Labute approximate surface area is 170 Å². The number of aromatic nitrogens is 1. The maximum absolute atomic E-state index is 15.3. The van der Waals surface area contributed by atoms with E-state index in [1.165, 1.54) is 13.3 Å². The van der Waals surface area contributed by atoms with E-state index in [9.17, 15) is 14.0 Å². The second kappa shape index (κ2) is 7.12. The van der Waals surface area contributed by atoms with Crippen molar-refractivity contribution in [3.63, 3.8) is 0 Å². The van der Waals surface area contributed by atoms with E-state index in [0.29, 0.717) is 5.52 Å². The summed E-state index contributed by atoms with van der Waals surface area (Å²) in [6, 6.07) is 1.06. The first-order chi connectivity index (χ1) is 14.2. The monoisotopic (exact) mass is 423 g/mol. The zero-order valence-corrected chi connectivity index (χ0v) is 16.7. The van der Waals surface area contributed by atoms with Gasteiger partial charge in [-0.05, 0) is 25.8 Å². The first-order valence-corrected chi connectivity index (χ1v) is 9.63. The lowest BCUT2D eigenvalue weighted by Gasteiger charge is -2.26. The Morgan fingerprint density at radius 2 is 2.13 bits per heavy atom. The molecule has 1 aliphatic carbocycles. The number of hydrogen-bond acceptors (Lipinski definition) is 6. The molecule has 8 nitrogen and oxygen atoms in total. The van der Waals surface area contributed by atoms with E-state index in [-0.39, 0.29) is 36.0 Å². The fourth-order valence-electron chi connectivity index (χ4n) is 4.19. The van der Waals surface area contributed by atoms with Gasteiger partial charge in [0.15, 0.2) is 17.3 Å². The van der Waals surface area contributed by atoms with Crippen LogP contribution in [0.25, 0.3) is 10.9 Å². The number of benzene rings is 1. The molecular weight excluding hydrogens is 400 g/mol. The highest BCUT2D eigenvalue weighted by Gasteiger charge is 2.42. The number of hydrogen-bond donors (Lipinski definition) is 2. The van der Waals surface area contributed by atoms with Gasteiger partial charge < -0.3 is 29.8 Å². The molecule has 30 heavy (non-hydrogen) atoms. The number of anilines is 1. The lowest BCUT2D eigenvalue weighted by Crippen LogP contribution is -2.45. The van der Waals surface area contributed by atoms with Crippen LogP contribution in [0.3, 0.4) is 0 Å². The van der Waals surface area contributed by atoms with Gasteiger partial charge in [0.25, 0.3) is 0 Å². The van der Waals surface area contributed by atoms with Gasteiger partial charge in [0.1, 0.15) is 5.69 Å². The van der Waals surface area contributed by atoms with Crippen molar-refractivity contribution in [2.24, 2.45) is 11.7 Å². The average Bonchev–Trinajstić information content (AvgIpc) is 3.46. The molecule has 0 radical (unpaired) electrons. The summed E-state index contributed by atoms with van der Waals surface area (Å²) in [4.78, 5) is 25.4. The topological polar surface area (TPSA) is 107 Å². The quantitative estimate of drug-likeness (QED) is 0.712. The van der Waals surface area contributed by atoms with Crippen LogP contribution in [0.4, 0.5) is 19.3 Å². The summed E-state index contributed by atoms with van der Waals surface area (Å²) in [7, 11) is 1.37. The third kappa shape index (κ3) is 3.24. The van der Waals surface area contributed by atoms with Crippen molar-refractivity contribution >= 4 is 22.7 Å². The van der Waals surface area contributed by atoms with E-state index >= 15 is 4.39 Å². The third-order valence-electron chi connectivity index (χ3n) is 5.91. The van der Waals surface area contributed by atoms with Crippen molar-refractivity contribution in [1.82, 2.24) is 4.57 Å². The number of fused-ring (bicyclic) bond motifs is 1. The Morgan fingerprint density at radius 1 is 1.43 bits per heavy atom. The Balaban J connectivity index is 1.96. The largest absolute Gasteiger partial charge is 0.511 e. The fourth-order valence-corrected chi connectivity index (χ4v) is 4.19. The number of halogens is 2. The van der Waals surface area contributed by atoms with Gasteiger partial charge in [0, 0.05) is 30.6 Å². The molecule has 2 heterocycles. The van der Waals surface area contributed by atoms with Crippen LogP contribution < -0.4 is 25.5 Å². The second-order valence-corrected chi connectivity index (χ2v) is 8.20. The minimum absolute atomic E-state index is 0.00778. The summed E-state index contributed by atoms with van der Waals surface area (Å²) in [6.45, 7) is 1.51. The Kier molecular flexibility index (Phi) is 4.84. The molecule has 2 aromatic rings. The van der Waals surface area contributed by atoms with Crippen LogP contribution in [0.2, 0.25) is 0 Å². The maximum Gasteiger partial charge on any atom is 0.511 e. The summed E-state index contributed by atoms with van der Waals surface area (Å²) < 4.78 is 40.6. The number of nitrogens with two attached hydrogens (primary N) is 1. The minimum Gasteiger partial charge on any atom is -0.492 e. The van der Waals surface area contributed by atoms with Crippen LogP contribution >= 0.6 is 0 Å². The lowest BCUT2D eigenvalue weighted by atomic mass is 9.92. The number of rotatable bonds is 5. The van der Waals surface area contributed by atoms with Gasteiger partial charge in [-0.15, -0.1) is 0 Å². The zero-order chi connectivity index (χ0) is 21.8. The molecule has 0 unspecified atom stereocenters. The van der Waals surface area contributed by atoms with Crippen LogP contribution in [0.1, 0.15) is 25.8 Å². The van der Waals surface area contributed by atoms with Crippen molar-refractivity contribution in [2.45, 2.75) is 31.3 Å². The van der Waals surface area contributed by atoms with Gasteiger partial charge in [-0.3, -0.25) is 9.18 Å². The predicted molar refractivity (Wildman–Crippen MR) is 106 cm³/mol. The van der Waals surface area contributed by atoms with Gasteiger partial charge in [-0.1, -0.05) is 0 Å². The number of pyridine rings is 1. The first kappa shape index (κ1) is 20.4. The molecule has 0 amide bonds. The molecule has 1 aromatic carbocycles. The van der Waals surface area contributed by atoms with Crippen molar-refractivity contribution in [3.8, 4) is 11.5 Å². The van der Waals surface area contributed by atoms with Crippen LogP contribution in [-0.4, -0.2) is 48.2 Å². The van der Waals surface area contributed by atoms with Crippen molar-refractivity contribution in [3.05, 3.63) is 28.3 Å². The number of methoxy groups -OCH3 is 1. The van der Waals surface area contributed by atoms with Crippen molar-refractivity contribution in [1.29, 1.82) is 0 Å². The number of nitrogens with zero attached hydrogens (tertiary/aromatic N) is 2. The summed E-state index contributed by atoms with van der Waals surface area (Å²) in [5, 5.41) is 8.88. The first-order valence-electron chi connectivity index (χ1n) is 9.63. The van der Waals surface area contributed by atoms with Crippen molar-refractivity contribution in [2.75, 3.05) is 31.8 Å². The van der Waals surface area contributed by atoms with Crippen LogP contribution in [0.5, 0.6) is 11.5 Å². The molecular formula is C20H23F2N3O5. The smallest absolute Gasteiger partial charge is 0.492 e. The summed E-state index contributed by atoms with van der Waals surface area (Å²) >= 11 is 0. The highest BCUT2D eigenvalue weighted by Crippen LogP contribution is 2.45. The standard InChI is InChI=1S/C20H23F2N3O5/c1-20(23)9-24(7-10(20)6-21)16-13(22)5-12-15(18(16)29-2)25(11-3-4-11)8-14(17(12)26)30-19(27)28/h5,8,10-11H,3-4,6-7,9,23H2,1-2H3,(H,27,28)/t10-,20+/m0/s1. The van der Waals surface area contributed by atoms with Gasteiger partial charge >= 0.3 is 6.16 Å². The number of carboxylic acid groups (broad SMARTS) is 1. The van der Waals surface area contributed by atoms with E-state index in [1.54, 1.807) is 16.4 Å². The van der Waals surface area contributed by atoms with Gasteiger partial charge in [0.05, 0.1) is 30.9 Å². The van der Waals surface area contributed by atoms with E-state index in [1.807, 2.05) is 0 Å². The van der Waals surface area contributed by atoms with Gasteiger partial charge in [-0.2, -0.15) is 0 Å². The molecule has 1 aromatic heterocycles. The zero-order valence-electron chi connectivity index (χ0n) is 16.7. The Bertz CT molecular complexity index is 1080. The third-order valence-corrected chi connectivity index (χ3v) is 5.91. The van der Waals surface area contributed by atoms with Gasteiger partial charge in [0.2, 0.25) is 5.43 Å². The molecule has 2 aliphatic rings. The van der Waals surface area contributed by atoms with Crippen LogP contribution in [-0.2, 0) is 0 Å². The molecule has 3 N–H and O–H groups in total. The van der Waals surface area contributed by atoms with E-state index in [0.717, 1.165) is 18.9 Å². The van der Waals surface area contributed by atoms with Crippen LogP contribution in [0.15, 0.2) is 17.1 Å². The van der Waals surface area contributed by atoms with E-state index in [2.05, 4.69) is 4.74 Å². The molecule has 1 saturated carbocycles. The summed E-state index contributed by atoms with van der Waals surface area (Å²) in [6.07, 6.45) is 1.32.